The molecule has 4 nitrogen and oxygen atoms in total. The molecule has 0 bridgehead atoms. The van der Waals surface area contributed by atoms with Crippen molar-refractivity contribution in [2.24, 2.45) is 0 Å². The number of carbonyl (C=O) groups is 1. The van der Waals surface area contributed by atoms with E-state index in [9.17, 15) is 4.79 Å². The number of fused-ring (bicyclic) bond motifs is 1. The minimum atomic E-state index is -1.41. The van der Waals surface area contributed by atoms with Crippen LogP contribution in [0.4, 0.5) is 4.79 Å². The summed E-state index contributed by atoms with van der Waals surface area (Å²) in [4.78, 5) is 14.6. The molecular weight excluding hydrogens is 230 g/mol. The van der Waals surface area contributed by atoms with Crippen LogP contribution in [0, 0.1) is 6.92 Å². The summed E-state index contributed by atoms with van der Waals surface area (Å²) in [5, 5.41) is 9.62. The molecule has 0 amide bonds. The highest BCUT2D eigenvalue weighted by Gasteiger charge is 2.12. The van der Waals surface area contributed by atoms with Crippen molar-refractivity contribution in [2.75, 3.05) is 0 Å². The van der Waals surface area contributed by atoms with Crippen molar-refractivity contribution in [3.8, 4) is 5.75 Å². The van der Waals surface area contributed by atoms with Gasteiger partial charge in [0.25, 0.3) is 0 Å². The molecule has 1 aromatic heterocycles. The van der Waals surface area contributed by atoms with Crippen LogP contribution in [0.5, 0.6) is 5.75 Å². The Labute approximate surface area is 96.4 Å². The summed E-state index contributed by atoms with van der Waals surface area (Å²) in [6.07, 6.45) is 0.227. The van der Waals surface area contributed by atoms with Gasteiger partial charge in [-0.25, -0.2) is 4.79 Å². The lowest BCUT2D eigenvalue weighted by Gasteiger charge is -2.06. The first kappa shape index (κ1) is 10.7. The maximum atomic E-state index is 10.5. The predicted octanol–water partition coefficient (Wildman–Crippen LogP) is 3.25. The molecule has 0 aliphatic rings. The Morgan fingerprint density at radius 3 is 2.94 bits per heavy atom. The van der Waals surface area contributed by atoms with Crippen LogP contribution in [0.15, 0.2) is 24.4 Å². The molecule has 0 spiro atoms. The van der Waals surface area contributed by atoms with Gasteiger partial charge in [-0.05, 0) is 24.6 Å². The fourth-order valence-electron chi connectivity index (χ4n) is 1.44. The van der Waals surface area contributed by atoms with Crippen molar-refractivity contribution in [1.29, 1.82) is 0 Å². The van der Waals surface area contributed by atoms with E-state index in [1.807, 2.05) is 13.0 Å². The van der Waals surface area contributed by atoms with Gasteiger partial charge in [-0.2, -0.15) is 0 Å². The number of rotatable bonds is 1. The highest BCUT2D eigenvalue weighted by atomic mass is 35.5. The SMILES string of the molecule is Cc1cnc2c(OC(=O)O)c(Cl)ccc2c1. The predicted molar refractivity (Wildman–Crippen MR) is 60.1 cm³/mol. The lowest BCUT2D eigenvalue weighted by Crippen LogP contribution is -2.04. The summed E-state index contributed by atoms with van der Waals surface area (Å²) < 4.78 is 4.62. The van der Waals surface area contributed by atoms with Gasteiger partial charge in [0, 0.05) is 11.6 Å². The van der Waals surface area contributed by atoms with Crippen molar-refractivity contribution in [3.05, 3.63) is 35.0 Å². The standard InChI is InChI=1S/C11H8ClNO3/c1-6-4-7-2-3-8(12)10(16-11(14)15)9(7)13-5-6/h2-5H,1H3,(H,14,15). The first-order chi connectivity index (χ1) is 7.58. The highest BCUT2D eigenvalue weighted by Crippen LogP contribution is 2.32. The minimum absolute atomic E-state index is 0.0756. The van der Waals surface area contributed by atoms with Crippen LogP contribution in [0.25, 0.3) is 10.9 Å². The zero-order valence-corrected chi connectivity index (χ0v) is 9.15. The first-order valence-electron chi connectivity index (χ1n) is 4.53. The van der Waals surface area contributed by atoms with Crippen LogP contribution in [0.3, 0.4) is 0 Å². The topological polar surface area (TPSA) is 59.4 Å². The van der Waals surface area contributed by atoms with Crippen molar-refractivity contribution in [2.45, 2.75) is 6.92 Å². The molecule has 0 saturated carbocycles. The molecule has 2 rings (SSSR count). The van der Waals surface area contributed by atoms with E-state index in [0.717, 1.165) is 10.9 Å². The minimum Gasteiger partial charge on any atom is -0.449 e. The van der Waals surface area contributed by atoms with Crippen molar-refractivity contribution in [1.82, 2.24) is 4.98 Å². The van der Waals surface area contributed by atoms with Crippen LogP contribution < -0.4 is 4.74 Å². The van der Waals surface area contributed by atoms with Crippen molar-refractivity contribution < 1.29 is 14.6 Å². The van der Waals surface area contributed by atoms with Gasteiger partial charge in [-0.15, -0.1) is 0 Å². The molecule has 0 aliphatic carbocycles. The number of carboxylic acid groups (broad SMARTS) is 1. The number of aryl methyl sites for hydroxylation is 1. The van der Waals surface area contributed by atoms with Gasteiger partial charge < -0.3 is 9.84 Å². The Hall–Kier alpha value is -1.81. The summed E-state index contributed by atoms with van der Waals surface area (Å²) in [6.45, 7) is 1.90. The van der Waals surface area contributed by atoms with E-state index < -0.39 is 6.16 Å². The van der Waals surface area contributed by atoms with E-state index in [4.69, 9.17) is 16.7 Å². The Balaban J connectivity index is 2.69. The molecular formula is C11H8ClNO3. The maximum Gasteiger partial charge on any atom is 0.511 e. The van der Waals surface area contributed by atoms with Crippen LogP contribution in [0.1, 0.15) is 5.56 Å². The van der Waals surface area contributed by atoms with Gasteiger partial charge in [0.1, 0.15) is 5.52 Å². The number of ether oxygens (including phenoxy) is 1. The van der Waals surface area contributed by atoms with E-state index in [2.05, 4.69) is 9.72 Å². The van der Waals surface area contributed by atoms with E-state index in [1.165, 1.54) is 0 Å². The molecule has 0 saturated heterocycles. The molecule has 0 fully saturated rings. The second-order valence-electron chi connectivity index (χ2n) is 3.33. The second kappa shape index (κ2) is 3.98. The summed E-state index contributed by atoms with van der Waals surface area (Å²) in [5.41, 5.74) is 1.43. The van der Waals surface area contributed by atoms with Crippen LogP contribution in [-0.2, 0) is 0 Å². The Bertz CT molecular complexity index is 568. The number of pyridine rings is 1. The molecule has 1 heterocycles. The molecule has 0 atom stereocenters. The van der Waals surface area contributed by atoms with Gasteiger partial charge >= 0.3 is 6.16 Å². The third kappa shape index (κ3) is 1.92. The van der Waals surface area contributed by atoms with Gasteiger partial charge in [-0.1, -0.05) is 17.7 Å². The summed E-state index contributed by atoms with van der Waals surface area (Å²) in [5.74, 6) is 0.0756. The number of aromatic nitrogens is 1. The monoisotopic (exact) mass is 237 g/mol. The molecule has 1 N–H and O–H groups in total. The van der Waals surface area contributed by atoms with Crippen molar-refractivity contribution in [3.63, 3.8) is 0 Å². The fourth-order valence-corrected chi connectivity index (χ4v) is 1.64. The molecule has 0 unspecified atom stereocenters. The van der Waals surface area contributed by atoms with Crippen molar-refractivity contribution >= 4 is 28.7 Å². The van der Waals surface area contributed by atoms with Crippen LogP contribution in [0.2, 0.25) is 5.02 Å². The van der Waals surface area contributed by atoms with E-state index >= 15 is 0 Å². The zero-order valence-electron chi connectivity index (χ0n) is 8.40. The lowest BCUT2D eigenvalue weighted by molar-refractivity contribution is 0.145. The lowest BCUT2D eigenvalue weighted by atomic mass is 10.1. The van der Waals surface area contributed by atoms with Gasteiger partial charge in [0.05, 0.1) is 5.02 Å². The second-order valence-corrected chi connectivity index (χ2v) is 3.74. The molecule has 0 radical (unpaired) electrons. The maximum absolute atomic E-state index is 10.5. The Morgan fingerprint density at radius 1 is 1.50 bits per heavy atom. The average Bonchev–Trinajstić information content (AvgIpc) is 2.22. The average molecular weight is 238 g/mol. The highest BCUT2D eigenvalue weighted by molar-refractivity contribution is 6.33. The molecule has 0 aliphatic heterocycles. The number of halogens is 1. The molecule has 1 aromatic carbocycles. The normalized spacial score (nSPS) is 10.4. The van der Waals surface area contributed by atoms with E-state index in [-0.39, 0.29) is 10.8 Å². The van der Waals surface area contributed by atoms with Crippen LogP contribution >= 0.6 is 11.6 Å². The number of nitrogens with zero attached hydrogens (tertiary/aromatic N) is 1. The Morgan fingerprint density at radius 2 is 2.25 bits per heavy atom. The van der Waals surface area contributed by atoms with Gasteiger partial charge in [0.2, 0.25) is 0 Å². The number of benzene rings is 1. The molecule has 82 valence electrons. The van der Waals surface area contributed by atoms with Gasteiger partial charge in [-0.3, -0.25) is 4.98 Å². The summed E-state index contributed by atoms with van der Waals surface area (Å²) in [6, 6.07) is 5.24. The molecule has 16 heavy (non-hydrogen) atoms. The molecule has 5 heteroatoms. The van der Waals surface area contributed by atoms with Gasteiger partial charge in [0.15, 0.2) is 5.75 Å². The smallest absolute Gasteiger partial charge is 0.449 e. The quantitative estimate of drug-likeness (QED) is 0.611. The largest absolute Gasteiger partial charge is 0.511 e. The third-order valence-corrected chi connectivity index (χ3v) is 2.38. The fraction of sp³-hybridized carbons (Fsp3) is 0.0909. The first-order valence-corrected chi connectivity index (χ1v) is 4.91. The van der Waals surface area contributed by atoms with E-state index in [1.54, 1.807) is 18.3 Å². The third-order valence-electron chi connectivity index (χ3n) is 2.08. The zero-order chi connectivity index (χ0) is 11.7. The number of hydrogen-bond donors (Lipinski definition) is 1. The summed E-state index contributed by atoms with van der Waals surface area (Å²) >= 11 is 5.86. The van der Waals surface area contributed by atoms with Crippen LogP contribution in [-0.4, -0.2) is 16.2 Å². The Kier molecular flexibility index (Phi) is 2.66. The number of hydrogen-bond acceptors (Lipinski definition) is 3. The molecule has 2 aromatic rings. The summed E-state index contributed by atoms with van der Waals surface area (Å²) in [7, 11) is 0. The van der Waals surface area contributed by atoms with E-state index in [0.29, 0.717) is 5.52 Å².